The van der Waals surface area contributed by atoms with E-state index >= 15 is 0 Å². The fourth-order valence-electron chi connectivity index (χ4n) is 4.51. The lowest BCUT2D eigenvalue weighted by atomic mass is 10.1. The molecule has 0 unspecified atom stereocenters. The lowest BCUT2D eigenvalue weighted by Crippen LogP contribution is -2.26. The Balaban J connectivity index is 1.61. The smallest absolute Gasteiger partial charge is 0.337 e. The molecule has 2 N–H and O–H groups in total. The first kappa shape index (κ1) is 23.4. The average molecular weight is 467 g/mol. The van der Waals surface area contributed by atoms with Gasteiger partial charge in [0, 0.05) is 26.2 Å². The van der Waals surface area contributed by atoms with Gasteiger partial charge < -0.3 is 29.9 Å². The number of urea groups is 1. The van der Waals surface area contributed by atoms with Gasteiger partial charge in [-0.15, -0.1) is 0 Å². The van der Waals surface area contributed by atoms with E-state index in [1.54, 1.807) is 24.3 Å². The largest absolute Gasteiger partial charge is 0.465 e. The van der Waals surface area contributed by atoms with E-state index in [0.29, 0.717) is 22.5 Å². The minimum Gasteiger partial charge on any atom is -0.465 e. The van der Waals surface area contributed by atoms with E-state index < -0.39 is 18.0 Å². The number of hydrogen-bond acceptors (Lipinski definition) is 7. The molecule has 0 spiro atoms. The number of esters is 2. The van der Waals surface area contributed by atoms with Crippen LogP contribution in [0.3, 0.4) is 0 Å². The van der Waals surface area contributed by atoms with Gasteiger partial charge in [0.05, 0.1) is 48.1 Å². The van der Waals surface area contributed by atoms with Gasteiger partial charge in [0.15, 0.2) is 0 Å². The fraction of sp³-hybridized carbons (Fsp3) is 0.400. The molecule has 2 amide bonds. The summed E-state index contributed by atoms with van der Waals surface area (Å²) in [5.74, 6) is -0.947. The standard InChI is InChI=1S/C25H30N4O5/c1-33-23(30)17-7-9-21(28-11-3-4-12-28)19(15-17)26-25(32)27-20-16-18(24(31)34-2)8-10-22(20)29-13-5-6-14-29/h7-10,15-16H,3-6,11-14H2,1-2H3,(H2,26,27,32). The first-order chi connectivity index (χ1) is 16.5. The predicted molar refractivity (Wildman–Crippen MR) is 131 cm³/mol. The van der Waals surface area contributed by atoms with Crippen molar-refractivity contribution in [3.8, 4) is 0 Å². The molecule has 0 saturated carbocycles. The Labute approximate surface area is 199 Å². The molecular weight excluding hydrogens is 436 g/mol. The molecule has 0 bridgehead atoms. The number of carbonyl (C=O) groups is 3. The molecule has 180 valence electrons. The number of nitrogens with one attached hydrogen (secondary N) is 2. The summed E-state index contributed by atoms with van der Waals surface area (Å²) < 4.78 is 9.69. The molecule has 2 saturated heterocycles. The van der Waals surface area contributed by atoms with Crippen molar-refractivity contribution < 1.29 is 23.9 Å². The molecule has 2 fully saturated rings. The van der Waals surface area contributed by atoms with Crippen molar-refractivity contribution in [2.24, 2.45) is 0 Å². The van der Waals surface area contributed by atoms with E-state index in [2.05, 4.69) is 20.4 Å². The average Bonchev–Trinajstić information content (AvgIpc) is 3.57. The molecule has 0 atom stereocenters. The molecular formula is C25H30N4O5. The molecule has 0 aliphatic carbocycles. The van der Waals surface area contributed by atoms with Crippen LogP contribution in [0.4, 0.5) is 27.5 Å². The second kappa shape index (κ2) is 10.5. The van der Waals surface area contributed by atoms with Crippen molar-refractivity contribution in [3.63, 3.8) is 0 Å². The summed E-state index contributed by atoms with van der Waals surface area (Å²) in [6.45, 7) is 3.53. The highest BCUT2D eigenvalue weighted by molar-refractivity contribution is 6.05. The van der Waals surface area contributed by atoms with Crippen LogP contribution in [0.5, 0.6) is 0 Å². The summed E-state index contributed by atoms with van der Waals surface area (Å²) in [5.41, 5.74) is 3.45. The molecule has 0 aromatic heterocycles. The Bertz CT molecular complexity index is 991. The first-order valence-corrected chi connectivity index (χ1v) is 11.5. The lowest BCUT2D eigenvalue weighted by molar-refractivity contribution is 0.0592. The van der Waals surface area contributed by atoms with Gasteiger partial charge in [-0.3, -0.25) is 0 Å². The lowest BCUT2D eigenvalue weighted by Gasteiger charge is -2.24. The summed E-state index contributed by atoms with van der Waals surface area (Å²) in [6.07, 6.45) is 4.29. The normalized spacial score (nSPS) is 15.2. The zero-order valence-electron chi connectivity index (χ0n) is 19.6. The Morgan fingerprint density at radius 3 is 1.41 bits per heavy atom. The van der Waals surface area contributed by atoms with Crippen molar-refractivity contribution in [2.75, 3.05) is 60.8 Å². The molecule has 2 aliphatic rings. The monoisotopic (exact) mass is 466 g/mol. The highest BCUT2D eigenvalue weighted by Crippen LogP contribution is 2.33. The summed E-state index contributed by atoms with van der Waals surface area (Å²) >= 11 is 0. The SMILES string of the molecule is COC(=O)c1ccc(N2CCCC2)c(NC(=O)Nc2cc(C(=O)OC)ccc2N2CCCC2)c1. The predicted octanol–water partition coefficient (Wildman–Crippen LogP) is 4.10. The van der Waals surface area contributed by atoms with Crippen molar-refractivity contribution in [3.05, 3.63) is 47.5 Å². The second-order valence-corrected chi connectivity index (χ2v) is 8.41. The number of anilines is 4. The van der Waals surface area contributed by atoms with E-state index in [0.717, 1.165) is 63.2 Å². The minimum absolute atomic E-state index is 0.353. The van der Waals surface area contributed by atoms with E-state index in [1.165, 1.54) is 14.2 Å². The van der Waals surface area contributed by atoms with Gasteiger partial charge in [-0.1, -0.05) is 0 Å². The summed E-state index contributed by atoms with van der Waals surface area (Å²) in [7, 11) is 2.65. The maximum atomic E-state index is 13.1. The third kappa shape index (κ3) is 5.08. The molecule has 9 heteroatoms. The van der Waals surface area contributed by atoms with Crippen molar-refractivity contribution >= 4 is 40.7 Å². The zero-order valence-corrected chi connectivity index (χ0v) is 19.6. The van der Waals surface area contributed by atoms with Gasteiger partial charge in [0.25, 0.3) is 0 Å². The van der Waals surface area contributed by atoms with Gasteiger partial charge >= 0.3 is 18.0 Å². The maximum absolute atomic E-state index is 13.1. The summed E-state index contributed by atoms with van der Waals surface area (Å²) in [6, 6.07) is 9.87. The Hall–Kier alpha value is -3.75. The van der Waals surface area contributed by atoms with Crippen LogP contribution in [-0.2, 0) is 9.47 Å². The van der Waals surface area contributed by atoms with Crippen LogP contribution in [0.1, 0.15) is 46.4 Å². The van der Waals surface area contributed by atoms with E-state index in [9.17, 15) is 14.4 Å². The number of benzene rings is 2. The molecule has 4 rings (SSSR count). The number of nitrogens with zero attached hydrogens (tertiary/aromatic N) is 2. The Kier molecular flexibility index (Phi) is 7.20. The Morgan fingerprint density at radius 2 is 1.06 bits per heavy atom. The van der Waals surface area contributed by atoms with Crippen LogP contribution in [0.25, 0.3) is 0 Å². The first-order valence-electron chi connectivity index (χ1n) is 11.5. The Morgan fingerprint density at radius 1 is 0.676 bits per heavy atom. The molecule has 34 heavy (non-hydrogen) atoms. The van der Waals surface area contributed by atoms with E-state index in [-0.39, 0.29) is 0 Å². The van der Waals surface area contributed by atoms with Crippen LogP contribution in [0.2, 0.25) is 0 Å². The van der Waals surface area contributed by atoms with Crippen molar-refractivity contribution in [2.45, 2.75) is 25.7 Å². The molecule has 2 aromatic rings. The van der Waals surface area contributed by atoms with E-state index in [1.807, 2.05) is 12.1 Å². The van der Waals surface area contributed by atoms with Gasteiger partial charge in [-0.05, 0) is 62.1 Å². The molecule has 0 radical (unpaired) electrons. The molecule has 2 aliphatic heterocycles. The third-order valence-corrected chi connectivity index (χ3v) is 6.23. The van der Waals surface area contributed by atoms with Gasteiger partial charge in [-0.2, -0.15) is 0 Å². The van der Waals surface area contributed by atoms with Gasteiger partial charge in [0.1, 0.15) is 0 Å². The number of amides is 2. The van der Waals surface area contributed by atoms with Gasteiger partial charge in [-0.25, -0.2) is 14.4 Å². The maximum Gasteiger partial charge on any atom is 0.337 e. The topological polar surface area (TPSA) is 100 Å². The van der Waals surface area contributed by atoms with Crippen LogP contribution in [0.15, 0.2) is 36.4 Å². The molecule has 9 nitrogen and oxygen atoms in total. The quantitative estimate of drug-likeness (QED) is 0.618. The highest BCUT2D eigenvalue weighted by Gasteiger charge is 2.22. The highest BCUT2D eigenvalue weighted by atomic mass is 16.5. The summed E-state index contributed by atoms with van der Waals surface area (Å²) in [4.78, 5) is 41.7. The molecule has 2 aromatic carbocycles. The number of carbonyl (C=O) groups excluding carboxylic acids is 3. The molecule has 2 heterocycles. The number of rotatable bonds is 6. The second-order valence-electron chi connectivity index (χ2n) is 8.41. The number of ether oxygens (including phenoxy) is 2. The van der Waals surface area contributed by atoms with Crippen molar-refractivity contribution in [1.29, 1.82) is 0 Å². The van der Waals surface area contributed by atoms with Crippen LogP contribution in [0, 0.1) is 0 Å². The fourth-order valence-corrected chi connectivity index (χ4v) is 4.51. The van der Waals surface area contributed by atoms with Crippen LogP contribution in [-0.4, -0.2) is 58.4 Å². The van der Waals surface area contributed by atoms with Crippen LogP contribution >= 0.6 is 0 Å². The number of methoxy groups -OCH3 is 2. The van der Waals surface area contributed by atoms with Gasteiger partial charge in [0.2, 0.25) is 0 Å². The number of hydrogen-bond donors (Lipinski definition) is 2. The van der Waals surface area contributed by atoms with E-state index in [4.69, 9.17) is 9.47 Å². The third-order valence-electron chi connectivity index (χ3n) is 6.23. The summed E-state index contributed by atoms with van der Waals surface area (Å²) in [5, 5.41) is 5.80. The minimum atomic E-state index is -0.474. The van der Waals surface area contributed by atoms with Crippen LogP contribution < -0.4 is 20.4 Å². The zero-order chi connectivity index (χ0) is 24.1. The van der Waals surface area contributed by atoms with Crippen molar-refractivity contribution in [1.82, 2.24) is 0 Å².